The minimum atomic E-state index is -3.70. The van der Waals surface area contributed by atoms with E-state index in [4.69, 9.17) is 14.6 Å². The van der Waals surface area contributed by atoms with Crippen molar-refractivity contribution in [3.05, 3.63) is 53.6 Å². The lowest BCUT2D eigenvalue weighted by Gasteiger charge is -2.26. The Labute approximate surface area is 183 Å². The van der Waals surface area contributed by atoms with Gasteiger partial charge in [0.05, 0.1) is 25.7 Å². The fourth-order valence-corrected chi connectivity index (χ4v) is 4.42. The Bertz CT molecular complexity index is 1010. The number of likely N-dealkylation sites (tertiary alicyclic amines) is 1. The van der Waals surface area contributed by atoms with Gasteiger partial charge in [-0.15, -0.1) is 0 Å². The van der Waals surface area contributed by atoms with Gasteiger partial charge in [-0.2, -0.15) is 0 Å². The number of nitrogens with one attached hydrogen (secondary N) is 1. The number of nitrogens with zero attached hydrogens (tertiary/aromatic N) is 1. The molecule has 1 aliphatic heterocycles. The Morgan fingerprint density at radius 1 is 1.16 bits per heavy atom. The van der Waals surface area contributed by atoms with Gasteiger partial charge in [-0.25, -0.2) is 13.6 Å². The van der Waals surface area contributed by atoms with Crippen LogP contribution in [0.5, 0.6) is 11.5 Å². The summed E-state index contributed by atoms with van der Waals surface area (Å²) in [5, 5.41) is 8.05. The van der Waals surface area contributed by atoms with Crippen LogP contribution in [0.4, 0.5) is 0 Å². The van der Waals surface area contributed by atoms with Crippen LogP contribution in [-0.4, -0.2) is 53.1 Å². The lowest BCUT2D eigenvalue weighted by atomic mass is 10.0. The SMILES string of the molecule is COc1ccc(OC)c([C@@H]2CCCN2CC(=O)NCCc2ccc(S(N)(=O)=O)cc2)c1. The van der Waals surface area contributed by atoms with Gasteiger partial charge in [0.1, 0.15) is 11.5 Å². The van der Waals surface area contributed by atoms with Crippen molar-refractivity contribution in [3.8, 4) is 11.5 Å². The van der Waals surface area contributed by atoms with Gasteiger partial charge in [-0.3, -0.25) is 9.69 Å². The monoisotopic (exact) mass is 447 g/mol. The number of nitrogens with two attached hydrogens (primary N) is 1. The van der Waals surface area contributed by atoms with Crippen LogP contribution in [0.2, 0.25) is 0 Å². The molecule has 2 aromatic rings. The fraction of sp³-hybridized carbons (Fsp3) is 0.409. The molecule has 1 fully saturated rings. The average molecular weight is 448 g/mol. The van der Waals surface area contributed by atoms with Gasteiger partial charge >= 0.3 is 0 Å². The van der Waals surface area contributed by atoms with Crippen LogP contribution in [0, 0.1) is 0 Å². The van der Waals surface area contributed by atoms with E-state index in [9.17, 15) is 13.2 Å². The number of rotatable bonds is 9. The maximum Gasteiger partial charge on any atom is 0.238 e. The number of benzene rings is 2. The third-order valence-electron chi connectivity index (χ3n) is 5.49. The number of sulfonamides is 1. The van der Waals surface area contributed by atoms with E-state index >= 15 is 0 Å². The summed E-state index contributed by atoms with van der Waals surface area (Å²) in [5.41, 5.74) is 1.95. The number of primary sulfonamides is 1. The van der Waals surface area contributed by atoms with Gasteiger partial charge in [0.2, 0.25) is 15.9 Å². The van der Waals surface area contributed by atoms with Crippen molar-refractivity contribution in [2.75, 3.05) is 33.9 Å². The molecule has 8 nitrogen and oxygen atoms in total. The van der Waals surface area contributed by atoms with Crippen LogP contribution in [0.15, 0.2) is 47.4 Å². The molecule has 168 valence electrons. The lowest BCUT2D eigenvalue weighted by Crippen LogP contribution is -2.37. The number of methoxy groups -OCH3 is 2. The molecule has 9 heteroatoms. The van der Waals surface area contributed by atoms with Crippen LogP contribution in [-0.2, 0) is 21.2 Å². The molecule has 1 atom stereocenters. The minimum absolute atomic E-state index is 0.0464. The van der Waals surface area contributed by atoms with Crippen LogP contribution in [0.3, 0.4) is 0 Å². The normalized spacial score (nSPS) is 16.8. The highest BCUT2D eigenvalue weighted by molar-refractivity contribution is 7.89. The summed E-state index contributed by atoms with van der Waals surface area (Å²) < 4.78 is 33.5. The Kier molecular flexibility index (Phi) is 7.53. The van der Waals surface area contributed by atoms with Gasteiger partial charge < -0.3 is 14.8 Å². The Hall–Kier alpha value is -2.62. The summed E-state index contributed by atoms with van der Waals surface area (Å²) in [6, 6.07) is 12.2. The van der Waals surface area contributed by atoms with Gasteiger partial charge in [0, 0.05) is 18.2 Å². The van der Waals surface area contributed by atoms with E-state index in [1.54, 1.807) is 26.4 Å². The predicted octanol–water partition coefficient (Wildman–Crippen LogP) is 1.85. The summed E-state index contributed by atoms with van der Waals surface area (Å²) in [6.07, 6.45) is 2.56. The van der Waals surface area contributed by atoms with Gasteiger partial charge in [-0.1, -0.05) is 12.1 Å². The Morgan fingerprint density at radius 2 is 1.90 bits per heavy atom. The molecule has 1 heterocycles. The third kappa shape index (κ3) is 5.96. The first-order chi connectivity index (χ1) is 14.8. The first-order valence-electron chi connectivity index (χ1n) is 10.2. The topological polar surface area (TPSA) is 111 Å². The van der Waals surface area contributed by atoms with Crippen molar-refractivity contribution >= 4 is 15.9 Å². The second-order valence-corrected chi connectivity index (χ2v) is 9.09. The molecule has 0 saturated carbocycles. The zero-order chi connectivity index (χ0) is 22.4. The first kappa shape index (κ1) is 23.1. The molecule has 0 aliphatic carbocycles. The van der Waals surface area contributed by atoms with Gasteiger partial charge in [0.25, 0.3) is 0 Å². The van der Waals surface area contributed by atoms with E-state index in [0.29, 0.717) is 19.5 Å². The highest BCUT2D eigenvalue weighted by Crippen LogP contribution is 2.38. The van der Waals surface area contributed by atoms with Crippen molar-refractivity contribution in [2.24, 2.45) is 5.14 Å². The van der Waals surface area contributed by atoms with Crippen LogP contribution in [0.1, 0.15) is 30.0 Å². The zero-order valence-corrected chi connectivity index (χ0v) is 18.7. The van der Waals surface area contributed by atoms with Crippen LogP contribution < -0.4 is 19.9 Å². The standard InChI is InChI=1S/C22H29N3O5S/c1-29-17-7-10-21(30-2)19(14-17)20-4-3-13-25(20)15-22(26)24-12-11-16-5-8-18(9-6-16)31(23,27)28/h5-10,14,20H,3-4,11-13,15H2,1-2H3,(H,24,26)(H2,23,27,28)/t20-/m0/s1. The van der Waals surface area contributed by atoms with E-state index in [-0.39, 0.29) is 16.8 Å². The summed E-state index contributed by atoms with van der Waals surface area (Å²) in [4.78, 5) is 14.8. The van der Waals surface area contributed by atoms with Crippen molar-refractivity contribution in [2.45, 2.75) is 30.2 Å². The molecular weight excluding hydrogens is 418 g/mol. The van der Waals surface area contributed by atoms with Crippen LogP contribution in [0.25, 0.3) is 0 Å². The van der Waals surface area contributed by atoms with E-state index in [1.165, 1.54) is 12.1 Å². The summed E-state index contributed by atoms with van der Waals surface area (Å²) in [6.45, 7) is 1.61. The predicted molar refractivity (Wildman–Crippen MR) is 118 cm³/mol. The molecule has 1 aliphatic rings. The molecule has 1 saturated heterocycles. The molecule has 0 radical (unpaired) electrons. The average Bonchev–Trinajstić information content (AvgIpc) is 3.20. The number of ether oxygens (including phenoxy) is 2. The molecule has 1 amide bonds. The molecule has 0 spiro atoms. The van der Waals surface area contributed by atoms with E-state index < -0.39 is 10.0 Å². The fourth-order valence-electron chi connectivity index (χ4n) is 3.90. The van der Waals surface area contributed by atoms with Gasteiger partial charge in [0.15, 0.2) is 0 Å². The Balaban J connectivity index is 1.55. The summed E-state index contributed by atoms with van der Waals surface area (Å²) in [5.74, 6) is 1.51. The van der Waals surface area contributed by atoms with Crippen molar-refractivity contribution < 1.29 is 22.7 Å². The number of amides is 1. The summed E-state index contributed by atoms with van der Waals surface area (Å²) >= 11 is 0. The smallest absolute Gasteiger partial charge is 0.238 e. The van der Waals surface area contributed by atoms with Crippen molar-refractivity contribution in [3.63, 3.8) is 0 Å². The highest BCUT2D eigenvalue weighted by Gasteiger charge is 2.30. The Morgan fingerprint density at radius 3 is 2.55 bits per heavy atom. The van der Waals surface area contributed by atoms with E-state index in [2.05, 4.69) is 10.2 Å². The summed E-state index contributed by atoms with van der Waals surface area (Å²) in [7, 11) is -0.418. The van der Waals surface area contributed by atoms with Gasteiger partial charge in [-0.05, 0) is 61.7 Å². The van der Waals surface area contributed by atoms with Crippen LogP contribution >= 0.6 is 0 Å². The third-order valence-corrected chi connectivity index (χ3v) is 6.42. The largest absolute Gasteiger partial charge is 0.497 e. The molecule has 3 rings (SSSR count). The second-order valence-electron chi connectivity index (χ2n) is 7.53. The molecule has 0 unspecified atom stereocenters. The second kappa shape index (κ2) is 10.1. The van der Waals surface area contributed by atoms with Crippen molar-refractivity contribution in [1.82, 2.24) is 10.2 Å². The minimum Gasteiger partial charge on any atom is -0.497 e. The lowest BCUT2D eigenvalue weighted by molar-refractivity contribution is -0.122. The number of hydrogen-bond donors (Lipinski definition) is 2. The van der Waals surface area contributed by atoms with Crippen molar-refractivity contribution in [1.29, 1.82) is 0 Å². The molecular formula is C22H29N3O5S. The molecule has 0 bridgehead atoms. The van der Waals surface area contributed by atoms with E-state index in [1.807, 2.05) is 18.2 Å². The highest BCUT2D eigenvalue weighted by atomic mass is 32.2. The zero-order valence-electron chi connectivity index (χ0n) is 17.8. The molecule has 3 N–H and O–H groups in total. The maximum atomic E-state index is 12.5. The van der Waals surface area contributed by atoms with E-state index in [0.717, 1.165) is 42.0 Å². The quantitative estimate of drug-likeness (QED) is 0.607. The number of carbonyl (C=O) groups excluding carboxylic acids is 1. The number of hydrogen-bond acceptors (Lipinski definition) is 6. The molecule has 31 heavy (non-hydrogen) atoms. The molecule has 2 aromatic carbocycles. The number of carbonyl (C=O) groups is 1. The first-order valence-corrected chi connectivity index (χ1v) is 11.7. The molecule has 0 aromatic heterocycles. The maximum absolute atomic E-state index is 12.5.